The molecule has 0 unspecified atom stereocenters. The number of carbonyl (C=O) groups excluding carboxylic acids is 2. The van der Waals surface area contributed by atoms with Crippen molar-refractivity contribution in [2.24, 2.45) is 0 Å². The number of benzene rings is 1. The summed E-state index contributed by atoms with van der Waals surface area (Å²) >= 11 is 1.55. The Kier molecular flexibility index (Phi) is 6.10. The first-order chi connectivity index (χ1) is 12.7. The van der Waals surface area contributed by atoms with Crippen molar-refractivity contribution in [2.75, 3.05) is 6.61 Å². The van der Waals surface area contributed by atoms with Crippen LogP contribution in [-0.4, -0.2) is 28.6 Å². The van der Waals surface area contributed by atoms with E-state index < -0.39 is 5.97 Å². The van der Waals surface area contributed by atoms with E-state index in [-0.39, 0.29) is 25.4 Å². The van der Waals surface area contributed by atoms with Gasteiger partial charge in [-0.25, -0.2) is 0 Å². The van der Waals surface area contributed by atoms with Crippen molar-refractivity contribution in [3.05, 3.63) is 58.6 Å². The van der Waals surface area contributed by atoms with E-state index in [0.29, 0.717) is 18.3 Å². The summed E-state index contributed by atoms with van der Waals surface area (Å²) in [5, 5.41) is 8.51. The second-order valence-electron chi connectivity index (χ2n) is 5.39. The topological polar surface area (TPSA) is 94.3 Å². The van der Waals surface area contributed by atoms with Crippen molar-refractivity contribution < 1.29 is 18.8 Å². The standard InChI is InChI=1S/C18H17N3O4S/c22-15(19-11-14-7-4-10-26-14)12-24-17(23)9-8-16-20-18(21-25-16)13-5-2-1-3-6-13/h1-7,10H,8-9,11-12H2,(H,19,22). The highest BCUT2D eigenvalue weighted by atomic mass is 32.1. The number of hydrogen-bond acceptors (Lipinski definition) is 7. The summed E-state index contributed by atoms with van der Waals surface area (Å²) in [7, 11) is 0. The molecule has 0 atom stereocenters. The molecule has 0 aliphatic carbocycles. The van der Waals surface area contributed by atoms with E-state index >= 15 is 0 Å². The Morgan fingerprint density at radius 1 is 1.15 bits per heavy atom. The fraction of sp³-hybridized carbons (Fsp3) is 0.222. The fourth-order valence-electron chi connectivity index (χ4n) is 2.14. The number of carbonyl (C=O) groups is 2. The molecule has 0 spiro atoms. The Morgan fingerprint density at radius 2 is 2.00 bits per heavy atom. The summed E-state index contributed by atoms with van der Waals surface area (Å²) in [5.74, 6) is -0.00323. The van der Waals surface area contributed by atoms with Crippen LogP contribution in [0.15, 0.2) is 52.4 Å². The molecule has 0 aliphatic heterocycles. The number of nitrogens with zero attached hydrogens (tertiary/aromatic N) is 2. The molecule has 7 nitrogen and oxygen atoms in total. The number of rotatable bonds is 8. The van der Waals surface area contributed by atoms with Crippen LogP contribution < -0.4 is 5.32 Å². The van der Waals surface area contributed by atoms with Crippen LogP contribution in [0.3, 0.4) is 0 Å². The maximum atomic E-state index is 11.7. The van der Waals surface area contributed by atoms with Crippen LogP contribution in [0.25, 0.3) is 11.4 Å². The molecule has 1 N–H and O–H groups in total. The lowest BCUT2D eigenvalue weighted by molar-refractivity contribution is -0.148. The quantitative estimate of drug-likeness (QED) is 0.612. The van der Waals surface area contributed by atoms with Gasteiger partial charge in [0, 0.05) is 16.9 Å². The lowest BCUT2D eigenvalue weighted by atomic mass is 10.2. The largest absolute Gasteiger partial charge is 0.456 e. The molecule has 0 aliphatic rings. The Hall–Kier alpha value is -3.00. The van der Waals surface area contributed by atoms with Gasteiger partial charge in [-0.3, -0.25) is 9.59 Å². The van der Waals surface area contributed by atoms with E-state index in [0.717, 1.165) is 10.4 Å². The van der Waals surface area contributed by atoms with Gasteiger partial charge in [-0.05, 0) is 11.4 Å². The predicted molar refractivity (Wildman–Crippen MR) is 95.2 cm³/mol. The SMILES string of the molecule is O=C(COC(=O)CCc1nc(-c2ccccc2)no1)NCc1cccs1. The first kappa shape index (κ1) is 17.8. The van der Waals surface area contributed by atoms with Crippen LogP contribution in [0, 0.1) is 0 Å². The summed E-state index contributed by atoms with van der Waals surface area (Å²) in [6.07, 6.45) is 0.324. The fourth-order valence-corrected chi connectivity index (χ4v) is 2.78. The van der Waals surface area contributed by atoms with E-state index in [4.69, 9.17) is 9.26 Å². The van der Waals surface area contributed by atoms with Gasteiger partial charge < -0.3 is 14.6 Å². The van der Waals surface area contributed by atoms with Crippen molar-refractivity contribution in [3.63, 3.8) is 0 Å². The van der Waals surface area contributed by atoms with Gasteiger partial charge in [0.05, 0.1) is 13.0 Å². The van der Waals surface area contributed by atoms with Crippen LogP contribution in [-0.2, 0) is 27.3 Å². The first-order valence-electron chi connectivity index (χ1n) is 8.03. The summed E-state index contributed by atoms with van der Waals surface area (Å²) in [6.45, 7) is 0.127. The van der Waals surface area contributed by atoms with Gasteiger partial charge in [0.25, 0.3) is 5.91 Å². The Balaban J connectivity index is 1.37. The van der Waals surface area contributed by atoms with Crippen molar-refractivity contribution in [1.29, 1.82) is 0 Å². The number of ether oxygens (including phenoxy) is 1. The van der Waals surface area contributed by atoms with Crippen molar-refractivity contribution in [1.82, 2.24) is 15.5 Å². The third-order valence-electron chi connectivity index (χ3n) is 3.45. The zero-order valence-electron chi connectivity index (χ0n) is 13.9. The van der Waals surface area contributed by atoms with Crippen molar-refractivity contribution in [2.45, 2.75) is 19.4 Å². The van der Waals surface area contributed by atoms with Crippen LogP contribution in [0.1, 0.15) is 17.2 Å². The number of nitrogens with one attached hydrogen (secondary N) is 1. The minimum absolute atomic E-state index is 0.0641. The number of aryl methyl sites for hydroxylation is 1. The molecular weight excluding hydrogens is 354 g/mol. The number of amides is 1. The minimum Gasteiger partial charge on any atom is -0.456 e. The van der Waals surface area contributed by atoms with Crippen LogP contribution in [0.2, 0.25) is 0 Å². The van der Waals surface area contributed by atoms with Gasteiger partial charge in [0.2, 0.25) is 11.7 Å². The highest BCUT2D eigenvalue weighted by molar-refractivity contribution is 7.09. The lowest BCUT2D eigenvalue weighted by Gasteiger charge is -2.05. The Labute approximate surface area is 154 Å². The molecule has 3 aromatic rings. The molecule has 0 saturated carbocycles. The molecule has 2 heterocycles. The van der Waals surface area contributed by atoms with E-state index in [1.807, 2.05) is 47.8 Å². The van der Waals surface area contributed by atoms with E-state index in [2.05, 4.69) is 15.5 Å². The molecule has 8 heteroatoms. The summed E-state index contributed by atoms with van der Waals surface area (Å²) in [4.78, 5) is 28.7. The highest BCUT2D eigenvalue weighted by Gasteiger charge is 2.12. The second-order valence-corrected chi connectivity index (χ2v) is 6.43. The summed E-state index contributed by atoms with van der Waals surface area (Å²) in [6, 6.07) is 13.2. The summed E-state index contributed by atoms with van der Waals surface area (Å²) in [5.41, 5.74) is 0.840. The van der Waals surface area contributed by atoms with Gasteiger partial charge in [-0.1, -0.05) is 41.6 Å². The monoisotopic (exact) mass is 371 g/mol. The minimum atomic E-state index is -0.490. The zero-order valence-corrected chi connectivity index (χ0v) is 14.7. The molecule has 0 saturated heterocycles. The van der Waals surface area contributed by atoms with Crippen molar-refractivity contribution >= 4 is 23.2 Å². The molecule has 1 aromatic carbocycles. The third-order valence-corrected chi connectivity index (χ3v) is 4.32. The van der Waals surface area contributed by atoms with E-state index in [1.54, 1.807) is 11.3 Å². The number of esters is 1. The number of aromatic nitrogens is 2. The molecule has 0 bridgehead atoms. The van der Waals surface area contributed by atoms with E-state index in [1.165, 1.54) is 0 Å². The maximum absolute atomic E-state index is 11.7. The Bertz CT molecular complexity index is 846. The number of hydrogen-bond donors (Lipinski definition) is 1. The zero-order chi connectivity index (χ0) is 18.2. The van der Waals surface area contributed by atoms with Gasteiger partial charge in [0.15, 0.2) is 6.61 Å². The van der Waals surface area contributed by atoms with Crippen LogP contribution in [0.5, 0.6) is 0 Å². The summed E-state index contributed by atoms with van der Waals surface area (Å²) < 4.78 is 10.1. The van der Waals surface area contributed by atoms with Crippen LogP contribution >= 0.6 is 11.3 Å². The lowest BCUT2D eigenvalue weighted by Crippen LogP contribution is -2.28. The predicted octanol–water partition coefficient (Wildman–Crippen LogP) is 2.59. The van der Waals surface area contributed by atoms with Gasteiger partial charge in [0.1, 0.15) is 0 Å². The third kappa shape index (κ3) is 5.25. The Morgan fingerprint density at radius 3 is 2.77 bits per heavy atom. The second kappa shape index (κ2) is 8.91. The molecule has 3 rings (SSSR count). The highest BCUT2D eigenvalue weighted by Crippen LogP contribution is 2.15. The molecule has 26 heavy (non-hydrogen) atoms. The van der Waals surface area contributed by atoms with Gasteiger partial charge >= 0.3 is 5.97 Å². The number of thiophene rings is 1. The van der Waals surface area contributed by atoms with Crippen molar-refractivity contribution in [3.8, 4) is 11.4 Å². The molecule has 0 fully saturated rings. The average Bonchev–Trinajstić information content (AvgIpc) is 3.35. The average molecular weight is 371 g/mol. The maximum Gasteiger partial charge on any atom is 0.306 e. The van der Waals surface area contributed by atoms with Gasteiger partial charge in [-0.15, -0.1) is 11.3 Å². The van der Waals surface area contributed by atoms with E-state index in [9.17, 15) is 9.59 Å². The molecular formula is C18H17N3O4S. The molecule has 0 radical (unpaired) electrons. The van der Waals surface area contributed by atoms with Gasteiger partial charge in [-0.2, -0.15) is 4.98 Å². The first-order valence-corrected chi connectivity index (χ1v) is 8.91. The van der Waals surface area contributed by atoms with Crippen LogP contribution in [0.4, 0.5) is 0 Å². The normalized spacial score (nSPS) is 10.5. The molecule has 2 aromatic heterocycles. The smallest absolute Gasteiger partial charge is 0.306 e. The molecule has 1 amide bonds. The molecule has 134 valence electrons.